The van der Waals surface area contributed by atoms with Crippen LogP contribution in [0.4, 0.5) is 0 Å². The quantitative estimate of drug-likeness (QED) is 0.511. The van der Waals surface area contributed by atoms with E-state index in [0.29, 0.717) is 0 Å². The Morgan fingerprint density at radius 3 is 1.24 bits per heavy atom. The van der Waals surface area contributed by atoms with Gasteiger partial charge in [-0.1, -0.05) is 36.5 Å². The molecule has 4 nitrogen and oxygen atoms in total. The predicted molar refractivity (Wildman–Crippen MR) is 65.3 cm³/mol. The molecular formula is C12H14O4S. The molecule has 0 aliphatic heterocycles. The summed E-state index contributed by atoms with van der Waals surface area (Å²) in [5.41, 5.74) is 0. The van der Waals surface area contributed by atoms with Crippen molar-refractivity contribution in [2.45, 2.75) is 13.8 Å². The van der Waals surface area contributed by atoms with E-state index in [2.05, 4.69) is 0 Å². The van der Waals surface area contributed by atoms with Crippen molar-refractivity contribution >= 4 is 25.4 Å². The number of aliphatic carboxylic acids is 2. The fourth-order valence-corrected chi connectivity index (χ4v) is 0.490. The average Bonchev–Trinajstić information content (AvgIpc) is 2.18. The molecule has 92 valence electrons. The maximum atomic E-state index is 9.64. The van der Waals surface area contributed by atoms with Gasteiger partial charge in [-0.25, -0.2) is 0 Å². The van der Waals surface area contributed by atoms with Crippen molar-refractivity contribution in [2.75, 3.05) is 0 Å². The summed E-state index contributed by atoms with van der Waals surface area (Å²) in [7, 11) is 0. The lowest BCUT2D eigenvalue weighted by molar-refractivity contribution is -0.298. The molecule has 0 saturated carbocycles. The number of carboxylic acids is 2. The summed E-state index contributed by atoms with van der Waals surface area (Å²) in [6.45, 7) is 3.61. The van der Waals surface area contributed by atoms with Gasteiger partial charge in [0.25, 0.3) is 0 Å². The zero-order valence-corrected chi connectivity index (χ0v) is 10.5. The second kappa shape index (κ2) is 16.7. The van der Waals surface area contributed by atoms with E-state index in [9.17, 15) is 19.8 Å². The van der Waals surface area contributed by atoms with Gasteiger partial charge in [-0.2, -0.15) is 0 Å². The van der Waals surface area contributed by atoms with Crippen LogP contribution in [0.25, 0.3) is 0 Å². The van der Waals surface area contributed by atoms with Gasteiger partial charge in [0.1, 0.15) is 0 Å². The highest BCUT2D eigenvalue weighted by molar-refractivity contribution is 7.37. The Balaban J connectivity index is -0.000000218. The monoisotopic (exact) mass is 254 g/mol. The van der Waals surface area contributed by atoms with E-state index in [4.69, 9.17) is 0 Å². The van der Waals surface area contributed by atoms with Crippen LogP contribution in [0.1, 0.15) is 13.8 Å². The summed E-state index contributed by atoms with van der Waals surface area (Å²) in [6.07, 6.45) is 11.5. The van der Waals surface area contributed by atoms with Crippen LogP contribution in [0.3, 0.4) is 0 Å². The summed E-state index contributed by atoms with van der Waals surface area (Å²) < 4.78 is 0. The first-order valence-corrected chi connectivity index (χ1v) is 4.55. The second-order valence-electron chi connectivity index (χ2n) is 2.41. The minimum Gasteiger partial charge on any atom is -0.545 e. The normalized spacial score (nSPS) is 10.5. The minimum atomic E-state index is -1.16. The van der Waals surface area contributed by atoms with Gasteiger partial charge in [0, 0.05) is 0 Å². The van der Waals surface area contributed by atoms with Gasteiger partial charge < -0.3 is 19.8 Å². The Hall–Kier alpha value is -1.75. The van der Waals surface area contributed by atoms with Crippen LogP contribution in [0.15, 0.2) is 48.6 Å². The van der Waals surface area contributed by atoms with E-state index >= 15 is 0 Å². The Bertz CT molecular complexity index is 282. The fraction of sp³-hybridized carbons (Fsp3) is 0.167. The van der Waals surface area contributed by atoms with Gasteiger partial charge in [-0.15, -0.1) is 0 Å². The van der Waals surface area contributed by atoms with E-state index < -0.39 is 11.9 Å². The predicted octanol–water partition coefficient (Wildman–Crippen LogP) is -0.265. The lowest BCUT2D eigenvalue weighted by Gasteiger charge is -1.84. The van der Waals surface area contributed by atoms with Gasteiger partial charge in [-0.05, 0) is 26.0 Å². The SMILES string of the molecule is CC=CC=CC(=O)[O-].CC=CC=CC(=O)[O-].[S+2]. The highest BCUT2D eigenvalue weighted by Crippen LogP contribution is 1.73. The van der Waals surface area contributed by atoms with Crippen LogP contribution >= 0.6 is 0 Å². The number of carboxylic acid groups (broad SMARTS) is 2. The molecule has 17 heavy (non-hydrogen) atoms. The third kappa shape index (κ3) is 31.4. The van der Waals surface area contributed by atoms with E-state index in [-0.39, 0.29) is 13.5 Å². The number of carbonyl (C=O) groups is 2. The van der Waals surface area contributed by atoms with Crippen LogP contribution in [0.5, 0.6) is 0 Å². The Kier molecular flexibility index (Phi) is 20.2. The molecule has 0 spiro atoms. The molecule has 0 amide bonds. The van der Waals surface area contributed by atoms with Crippen molar-refractivity contribution in [1.82, 2.24) is 0 Å². The highest BCUT2D eigenvalue weighted by atomic mass is 32.1. The number of rotatable bonds is 4. The van der Waals surface area contributed by atoms with Gasteiger partial charge in [0.15, 0.2) is 0 Å². The zero-order chi connectivity index (χ0) is 12.8. The zero-order valence-electron chi connectivity index (χ0n) is 9.66. The van der Waals surface area contributed by atoms with Crippen LogP contribution in [0, 0.1) is 0 Å². The Morgan fingerprint density at radius 1 is 0.765 bits per heavy atom. The molecule has 0 aliphatic carbocycles. The summed E-state index contributed by atoms with van der Waals surface area (Å²) in [6, 6.07) is 0. The molecule has 0 heterocycles. The third-order valence-electron chi connectivity index (χ3n) is 1.07. The molecule has 5 heteroatoms. The van der Waals surface area contributed by atoms with Crippen LogP contribution < -0.4 is 10.2 Å². The Morgan fingerprint density at radius 2 is 1.06 bits per heavy atom. The molecule has 4 radical (unpaired) electrons. The maximum absolute atomic E-state index is 9.64. The molecule has 0 aromatic rings. The molecule has 0 bridgehead atoms. The molecule has 0 saturated heterocycles. The van der Waals surface area contributed by atoms with Crippen molar-refractivity contribution in [2.24, 2.45) is 0 Å². The molecule has 0 fully saturated rings. The molecule has 0 aromatic heterocycles. The molecule has 0 unspecified atom stereocenters. The summed E-state index contributed by atoms with van der Waals surface area (Å²) in [5, 5.41) is 19.3. The number of hydrogen-bond acceptors (Lipinski definition) is 4. The highest BCUT2D eigenvalue weighted by Gasteiger charge is 2.00. The second-order valence-corrected chi connectivity index (χ2v) is 2.41. The number of carbonyl (C=O) groups excluding carboxylic acids is 2. The van der Waals surface area contributed by atoms with Crippen molar-refractivity contribution < 1.29 is 19.8 Å². The summed E-state index contributed by atoms with van der Waals surface area (Å²) in [5.74, 6) is -2.33. The molecule has 0 rings (SSSR count). The molecule has 0 atom stereocenters. The molecule has 0 aromatic carbocycles. The van der Waals surface area contributed by atoms with Crippen LogP contribution in [0.2, 0.25) is 0 Å². The first-order valence-electron chi connectivity index (χ1n) is 4.55. The van der Waals surface area contributed by atoms with Gasteiger partial charge in [0.05, 0.1) is 11.9 Å². The standard InChI is InChI=1S/2C6H8O2.S/c2*1-2-3-4-5-6(7)8;/h2*2-5H,1H3,(H,7,8);/q;;+2/p-2. The fourth-order valence-electron chi connectivity index (χ4n) is 0.490. The van der Waals surface area contributed by atoms with Gasteiger partial charge in [0.2, 0.25) is 0 Å². The lowest BCUT2D eigenvalue weighted by atomic mass is 10.4. The number of allylic oxidation sites excluding steroid dienone is 6. The van der Waals surface area contributed by atoms with E-state index in [1.165, 1.54) is 12.2 Å². The van der Waals surface area contributed by atoms with Gasteiger partial charge >= 0.3 is 13.5 Å². The smallest absolute Gasteiger partial charge is 0.545 e. The van der Waals surface area contributed by atoms with E-state index in [1.54, 1.807) is 38.2 Å². The minimum absolute atomic E-state index is 0. The average molecular weight is 254 g/mol. The lowest BCUT2D eigenvalue weighted by Crippen LogP contribution is -2.18. The van der Waals surface area contributed by atoms with Crippen molar-refractivity contribution in [1.29, 1.82) is 0 Å². The van der Waals surface area contributed by atoms with Crippen LogP contribution in [-0.4, -0.2) is 11.9 Å². The van der Waals surface area contributed by atoms with E-state index in [1.807, 2.05) is 0 Å². The maximum Gasteiger partial charge on any atom is 2.00 e. The first-order chi connectivity index (χ1) is 7.54. The first kappa shape index (κ1) is 20.6. The van der Waals surface area contributed by atoms with Gasteiger partial charge in [-0.3, -0.25) is 0 Å². The summed E-state index contributed by atoms with van der Waals surface area (Å²) >= 11 is 0. The summed E-state index contributed by atoms with van der Waals surface area (Å²) in [4.78, 5) is 19.3. The van der Waals surface area contributed by atoms with E-state index in [0.717, 1.165) is 12.2 Å². The Labute approximate surface area is 108 Å². The van der Waals surface area contributed by atoms with Crippen molar-refractivity contribution in [3.05, 3.63) is 48.6 Å². The number of hydrogen-bond donors (Lipinski definition) is 0. The molecule has 0 aliphatic rings. The molecule has 0 N–H and O–H groups in total. The third-order valence-corrected chi connectivity index (χ3v) is 1.07. The van der Waals surface area contributed by atoms with Crippen LogP contribution in [-0.2, 0) is 23.1 Å². The molecular weight excluding hydrogens is 240 g/mol. The van der Waals surface area contributed by atoms with Crippen molar-refractivity contribution in [3.63, 3.8) is 0 Å². The topological polar surface area (TPSA) is 80.3 Å². The largest absolute Gasteiger partial charge is 2.00 e. The van der Waals surface area contributed by atoms with Crippen molar-refractivity contribution in [3.8, 4) is 0 Å².